The molecule has 2 heterocycles. The number of hydrogen-bond acceptors (Lipinski definition) is 8. The van der Waals surface area contributed by atoms with Crippen molar-refractivity contribution >= 4 is 23.4 Å². The van der Waals surface area contributed by atoms with Gasteiger partial charge in [0.1, 0.15) is 0 Å². The van der Waals surface area contributed by atoms with Gasteiger partial charge in [0.25, 0.3) is 0 Å². The predicted molar refractivity (Wildman–Crippen MR) is 104 cm³/mol. The largest absolute Gasteiger partial charge is 0.545 e. The molecule has 0 saturated carbocycles. The van der Waals surface area contributed by atoms with Crippen molar-refractivity contribution in [2.24, 2.45) is 0 Å². The van der Waals surface area contributed by atoms with Crippen LogP contribution < -0.4 is 15.2 Å². The Bertz CT molecular complexity index is 1040. The van der Waals surface area contributed by atoms with Crippen molar-refractivity contribution in [2.45, 2.75) is 11.4 Å². The Labute approximate surface area is 165 Å². The molecule has 1 aliphatic heterocycles. The predicted octanol–water partition coefficient (Wildman–Crippen LogP) is 2.68. The first-order valence-electron chi connectivity index (χ1n) is 8.48. The van der Waals surface area contributed by atoms with E-state index in [2.05, 4.69) is 27.1 Å². The highest BCUT2D eigenvalue weighted by Gasteiger charge is 2.25. The van der Waals surface area contributed by atoms with E-state index in [0.717, 1.165) is 16.8 Å². The SMILES string of the molecule is C=CCSc1nnc2c(n1)O[C@@H](c1ccc(C(=O)[O-])cc1)Nc1ccccc1-2. The fourth-order valence-corrected chi connectivity index (χ4v) is 3.30. The van der Waals surface area contributed by atoms with Gasteiger partial charge in [0.15, 0.2) is 11.9 Å². The van der Waals surface area contributed by atoms with Crippen LogP contribution in [0.5, 0.6) is 5.88 Å². The number of rotatable bonds is 5. The molecule has 0 amide bonds. The highest BCUT2D eigenvalue weighted by Crippen LogP contribution is 2.39. The van der Waals surface area contributed by atoms with Crippen LogP contribution in [-0.2, 0) is 0 Å². The lowest BCUT2D eigenvalue weighted by atomic mass is 10.1. The van der Waals surface area contributed by atoms with Gasteiger partial charge in [0, 0.05) is 22.6 Å². The van der Waals surface area contributed by atoms with Gasteiger partial charge >= 0.3 is 0 Å². The van der Waals surface area contributed by atoms with E-state index in [1.165, 1.54) is 23.9 Å². The van der Waals surface area contributed by atoms with E-state index >= 15 is 0 Å². The van der Waals surface area contributed by atoms with E-state index in [-0.39, 0.29) is 5.56 Å². The molecular formula is C20H15N4O3S-. The second-order valence-corrected chi connectivity index (χ2v) is 6.93. The fraction of sp³-hybridized carbons (Fsp3) is 0.100. The lowest BCUT2D eigenvalue weighted by Gasteiger charge is -2.19. The third-order valence-electron chi connectivity index (χ3n) is 4.11. The van der Waals surface area contributed by atoms with Crippen molar-refractivity contribution < 1.29 is 14.6 Å². The second kappa shape index (κ2) is 7.69. The molecule has 0 aliphatic carbocycles. The average molecular weight is 391 g/mol. The van der Waals surface area contributed by atoms with Gasteiger partial charge in [-0.15, -0.1) is 16.8 Å². The van der Waals surface area contributed by atoms with Crippen molar-refractivity contribution in [3.05, 3.63) is 72.3 Å². The number of carbonyl (C=O) groups excluding carboxylic acids is 1. The van der Waals surface area contributed by atoms with Gasteiger partial charge in [-0.3, -0.25) is 0 Å². The first kappa shape index (κ1) is 18.0. The summed E-state index contributed by atoms with van der Waals surface area (Å²) in [7, 11) is 0. The number of nitrogens with zero attached hydrogens (tertiary/aromatic N) is 3. The van der Waals surface area contributed by atoms with E-state index in [9.17, 15) is 9.90 Å². The Morgan fingerprint density at radius 3 is 2.75 bits per heavy atom. The molecule has 7 nitrogen and oxygen atoms in total. The zero-order valence-corrected chi connectivity index (χ0v) is 15.5. The van der Waals surface area contributed by atoms with Crippen LogP contribution in [0.15, 0.2) is 66.3 Å². The molecule has 1 atom stereocenters. The Kier molecular flexibility index (Phi) is 4.94. The molecule has 2 aromatic carbocycles. The third kappa shape index (κ3) is 3.54. The maximum atomic E-state index is 11.0. The molecule has 28 heavy (non-hydrogen) atoms. The number of benzene rings is 2. The summed E-state index contributed by atoms with van der Waals surface area (Å²) in [5.41, 5.74) is 3.03. The zero-order chi connectivity index (χ0) is 19.5. The Hall–Kier alpha value is -3.39. The van der Waals surface area contributed by atoms with E-state index in [0.29, 0.717) is 22.5 Å². The van der Waals surface area contributed by atoms with Crippen LogP contribution in [0, 0.1) is 0 Å². The molecule has 4 rings (SSSR count). The summed E-state index contributed by atoms with van der Waals surface area (Å²) in [5.74, 6) is -0.213. The summed E-state index contributed by atoms with van der Waals surface area (Å²) < 4.78 is 6.12. The molecule has 1 aliphatic rings. The molecule has 0 unspecified atom stereocenters. The van der Waals surface area contributed by atoms with Crippen LogP contribution in [-0.4, -0.2) is 26.9 Å². The van der Waals surface area contributed by atoms with Crippen molar-refractivity contribution in [1.82, 2.24) is 15.2 Å². The molecule has 8 heteroatoms. The molecule has 0 radical (unpaired) electrons. The minimum absolute atomic E-state index is 0.102. The minimum atomic E-state index is -1.22. The molecule has 0 fully saturated rings. The van der Waals surface area contributed by atoms with Gasteiger partial charge in [-0.25, -0.2) is 0 Å². The summed E-state index contributed by atoms with van der Waals surface area (Å²) in [6.07, 6.45) is 1.19. The lowest BCUT2D eigenvalue weighted by Crippen LogP contribution is -2.22. The van der Waals surface area contributed by atoms with Crippen molar-refractivity contribution in [3.8, 4) is 17.1 Å². The number of hydrogen-bond donors (Lipinski definition) is 1. The highest BCUT2D eigenvalue weighted by atomic mass is 32.2. The molecule has 1 N–H and O–H groups in total. The average Bonchev–Trinajstić information content (AvgIpc) is 2.88. The number of thioether (sulfide) groups is 1. The van der Waals surface area contributed by atoms with Crippen LogP contribution in [0.1, 0.15) is 22.1 Å². The number of carbonyl (C=O) groups is 1. The van der Waals surface area contributed by atoms with Crippen molar-refractivity contribution in [2.75, 3.05) is 11.1 Å². The lowest BCUT2D eigenvalue weighted by molar-refractivity contribution is -0.255. The number of nitrogens with one attached hydrogen (secondary N) is 1. The topological polar surface area (TPSA) is 100 Å². The standard InChI is InChI=1S/C20H16N4O3S/c1-2-11-28-20-22-18-16(23-24-20)14-5-3-4-6-15(14)21-17(27-18)12-7-9-13(10-8-12)19(25)26/h2-10,17,21H,1,11H2,(H,25,26)/p-1/t17-/m0/s1. The van der Waals surface area contributed by atoms with Gasteiger partial charge in [0.05, 0.1) is 5.97 Å². The Morgan fingerprint density at radius 1 is 1.21 bits per heavy atom. The van der Waals surface area contributed by atoms with Gasteiger partial charge < -0.3 is 20.0 Å². The molecule has 3 aromatic rings. The summed E-state index contributed by atoms with van der Waals surface area (Å²) in [4.78, 5) is 15.5. The number of ether oxygens (including phenoxy) is 1. The van der Waals surface area contributed by atoms with Crippen molar-refractivity contribution in [3.63, 3.8) is 0 Å². The number of aromatic nitrogens is 3. The normalized spacial score (nSPS) is 14.6. The van der Waals surface area contributed by atoms with Crippen molar-refractivity contribution in [1.29, 1.82) is 0 Å². The molecular weight excluding hydrogens is 376 g/mol. The monoisotopic (exact) mass is 391 g/mol. The number of carboxylic acid groups (broad SMARTS) is 1. The Morgan fingerprint density at radius 2 is 2.00 bits per heavy atom. The van der Waals surface area contributed by atoms with E-state index in [4.69, 9.17) is 4.74 Å². The molecule has 0 saturated heterocycles. The van der Waals surface area contributed by atoms with Crippen LogP contribution >= 0.6 is 11.8 Å². The number of carboxylic acids is 1. The van der Waals surface area contributed by atoms with Gasteiger partial charge in [0.2, 0.25) is 11.0 Å². The van der Waals surface area contributed by atoms with Crippen LogP contribution in [0.2, 0.25) is 0 Å². The van der Waals surface area contributed by atoms with E-state index in [1.807, 2.05) is 24.3 Å². The first-order chi connectivity index (χ1) is 13.7. The number of aromatic carboxylic acids is 1. The molecule has 140 valence electrons. The van der Waals surface area contributed by atoms with Gasteiger partial charge in [-0.05, 0) is 11.6 Å². The zero-order valence-electron chi connectivity index (χ0n) is 14.7. The molecule has 1 aromatic heterocycles. The van der Waals surface area contributed by atoms with E-state index < -0.39 is 12.2 Å². The summed E-state index contributed by atoms with van der Waals surface area (Å²) >= 11 is 1.41. The summed E-state index contributed by atoms with van der Waals surface area (Å²) in [6, 6.07) is 14.0. The number of anilines is 1. The smallest absolute Gasteiger partial charge is 0.247 e. The van der Waals surface area contributed by atoms with Gasteiger partial charge in [-0.2, -0.15) is 4.98 Å². The van der Waals surface area contributed by atoms with Crippen LogP contribution in [0.25, 0.3) is 11.3 Å². The number of fused-ring (bicyclic) bond motifs is 3. The summed E-state index contributed by atoms with van der Waals surface area (Å²) in [5, 5.41) is 23.3. The quantitative estimate of drug-likeness (QED) is 0.523. The maximum Gasteiger partial charge on any atom is 0.247 e. The number of para-hydroxylation sites is 1. The maximum absolute atomic E-state index is 11.0. The third-order valence-corrected chi connectivity index (χ3v) is 4.95. The molecule has 0 bridgehead atoms. The van der Waals surface area contributed by atoms with Crippen LogP contribution in [0.3, 0.4) is 0 Å². The Balaban J connectivity index is 1.76. The summed E-state index contributed by atoms with van der Waals surface area (Å²) in [6.45, 7) is 3.69. The van der Waals surface area contributed by atoms with Crippen LogP contribution in [0.4, 0.5) is 5.69 Å². The van der Waals surface area contributed by atoms with Gasteiger partial charge in [-0.1, -0.05) is 60.3 Å². The second-order valence-electron chi connectivity index (χ2n) is 5.95. The molecule has 0 spiro atoms. The van der Waals surface area contributed by atoms with E-state index in [1.54, 1.807) is 18.2 Å². The first-order valence-corrected chi connectivity index (χ1v) is 9.46. The highest BCUT2D eigenvalue weighted by molar-refractivity contribution is 7.99. The fourth-order valence-electron chi connectivity index (χ4n) is 2.79. The minimum Gasteiger partial charge on any atom is -0.545 e.